The van der Waals surface area contributed by atoms with Crippen LogP contribution in [0.15, 0.2) is 36.4 Å². The van der Waals surface area contributed by atoms with Gasteiger partial charge in [-0.05, 0) is 106 Å². The minimum atomic E-state index is -0.200. The molecule has 0 unspecified atom stereocenters. The number of halogens is 1. The van der Waals surface area contributed by atoms with Crippen LogP contribution in [0.4, 0.5) is 4.39 Å². The maximum Gasteiger partial charge on any atom is 0.123 e. The van der Waals surface area contributed by atoms with Gasteiger partial charge in [0.05, 0.1) is 6.61 Å². The summed E-state index contributed by atoms with van der Waals surface area (Å²) in [4.78, 5) is 0. The summed E-state index contributed by atoms with van der Waals surface area (Å²) in [6.45, 7) is 3.05. The molecule has 27 heavy (non-hydrogen) atoms. The number of unbranched alkanes of at least 4 members (excludes halogenated alkanes) is 2. The van der Waals surface area contributed by atoms with Crippen LogP contribution in [0.25, 0.3) is 0 Å². The highest BCUT2D eigenvalue weighted by Crippen LogP contribution is 2.41. The fourth-order valence-electron chi connectivity index (χ4n) is 4.99. The minimum absolute atomic E-state index is 0.200. The van der Waals surface area contributed by atoms with Crippen molar-refractivity contribution in [3.63, 3.8) is 0 Å². The summed E-state index contributed by atoms with van der Waals surface area (Å²) in [5, 5.41) is 0. The highest BCUT2D eigenvalue weighted by Gasteiger charge is 2.30. The molecule has 2 fully saturated rings. The summed E-state index contributed by atoms with van der Waals surface area (Å²) < 4.78 is 18.8. The molecular formula is C25H37FO. The molecule has 0 aromatic heterocycles. The van der Waals surface area contributed by atoms with E-state index in [1.54, 1.807) is 12.1 Å². The van der Waals surface area contributed by atoms with Gasteiger partial charge in [0.15, 0.2) is 0 Å². The van der Waals surface area contributed by atoms with E-state index in [1.165, 1.54) is 82.8 Å². The predicted octanol–water partition coefficient (Wildman–Crippen LogP) is 7.56. The Morgan fingerprint density at radius 2 is 1.56 bits per heavy atom. The van der Waals surface area contributed by atoms with E-state index in [2.05, 4.69) is 19.1 Å². The second-order valence-electron chi connectivity index (χ2n) is 8.79. The average molecular weight is 373 g/mol. The van der Waals surface area contributed by atoms with Crippen LogP contribution in [0.5, 0.6) is 5.75 Å². The van der Waals surface area contributed by atoms with Crippen molar-refractivity contribution in [3.8, 4) is 5.75 Å². The molecule has 0 heterocycles. The van der Waals surface area contributed by atoms with Crippen molar-refractivity contribution in [2.45, 2.75) is 77.6 Å². The van der Waals surface area contributed by atoms with Crippen molar-refractivity contribution in [2.75, 3.05) is 6.61 Å². The van der Waals surface area contributed by atoms with E-state index in [0.29, 0.717) is 5.92 Å². The first-order valence-electron chi connectivity index (χ1n) is 11.3. The van der Waals surface area contributed by atoms with E-state index >= 15 is 0 Å². The van der Waals surface area contributed by atoms with Gasteiger partial charge in [-0.25, -0.2) is 4.39 Å². The lowest BCUT2D eigenvalue weighted by atomic mass is 9.69. The quantitative estimate of drug-likeness (QED) is 0.338. The Bertz CT molecular complexity index is 548. The van der Waals surface area contributed by atoms with E-state index in [9.17, 15) is 4.39 Å². The fraction of sp³-hybridized carbons (Fsp3) is 0.680. The SMILES string of the molecule is CCCCC=CC1CCC(C2CCC(COc3ccc(F)cc3)CC2)CC1. The molecule has 2 saturated carbocycles. The van der Waals surface area contributed by atoms with Gasteiger partial charge in [0.25, 0.3) is 0 Å². The molecule has 2 heteroatoms. The largest absolute Gasteiger partial charge is 0.493 e. The second kappa shape index (κ2) is 10.9. The van der Waals surface area contributed by atoms with Crippen LogP contribution in [-0.2, 0) is 0 Å². The third-order valence-electron chi connectivity index (χ3n) is 6.81. The Labute approximate surface area is 165 Å². The van der Waals surface area contributed by atoms with Crippen LogP contribution < -0.4 is 4.74 Å². The molecule has 0 amide bonds. The highest BCUT2D eigenvalue weighted by molar-refractivity contribution is 5.22. The molecule has 0 N–H and O–H groups in total. The summed E-state index contributed by atoms with van der Waals surface area (Å²) in [6.07, 6.45) is 19.9. The van der Waals surface area contributed by atoms with Gasteiger partial charge in [0.2, 0.25) is 0 Å². The van der Waals surface area contributed by atoms with Crippen LogP contribution in [0.1, 0.15) is 77.6 Å². The lowest BCUT2D eigenvalue weighted by Gasteiger charge is -2.37. The lowest BCUT2D eigenvalue weighted by Crippen LogP contribution is -2.27. The summed E-state index contributed by atoms with van der Waals surface area (Å²) in [7, 11) is 0. The number of hydrogen-bond donors (Lipinski definition) is 0. The van der Waals surface area contributed by atoms with Crippen LogP contribution in [0.2, 0.25) is 0 Å². The van der Waals surface area contributed by atoms with Gasteiger partial charge in [-0.2, -0.15) is 0 Å². The topological polar surface area (TPSA) is 9.23 Å². The summed E-state index contributed by atoms with van der Waals surface area (Å²) in [5.74, 6) is 4.02. The van der Waals surface area contributed by atoms with Gasteiger partial charge >= 0.3 is 0 Å². The van der Waals surface area contributed by atoms with Crippen molar-refractivity contribution in [1.29, 1.82) is 0 Å². The molecule has 0 atom stereocenters. The predicted molar refractivity (Wildman–Crippen MR) is 111 cm³/mol. The molecule has 0 radical (unpaired) electrons. The fourth-order valence-corrected chi connectivity index (χ4v) is 4.99. The van der Waals surface area contributed by atoms with E-state index in [4.69, 9.17) is 4.74 Å². The smallest absolute Gasteiger partial charge is 0.123 e. The standard InChI is InChI=1S/C25H37FO/c1-2-3-4-5-6-20-7-11-22(12-8-20)23-13-9-21(10-14-23)19-27-25-17-15-24(26)16-18-25/h5-6,15-18,20-23H,2-4,7-14,19H2,1H3. The number of benzene rings is 1. The normalized spacial score (nSPS) is 29.1. The summed E-state index contributed by atoms with van der Waals surface area (Å²) >= 11 is 0. The van der Waals surface area contributed by atoms with Gasteiger partial charge in [-0.1, -0.05) is 31.9 Å². The second-order valence-corrected chi connectivity index (χ2v) is 8.79. The third kappa shape index (κ3) is 6.66. The van der Waals surface area contributed by atoms with Crippen LogP contribution >= 0.6 is 0 Å². The molecule has 150 valence electrons. The van der Waals surface area contributed by atoms with E-state index in [-0.39, 0.29) is 5.82 Å². The Morgan fingerprint density at radius 3 is 2.19 bits per heavy atom. The number of ether oxygens (including phenoxy) is 1. The Morgan fingerprint density at radius 1 is 0.926 bits per heavy atom. The van der Waals surface area contributed by atoms with E-state index in [1.807, 2.05) is 0 Å². The Hall–Kier alpha value is -1.31. The number of allylic oxidation sites excluding steroid dienone is 2. The Kier molecular flexibility index (Phi) is 8.23. The zero-order valence-electron chi connectivity index (χ0n) is 17.0. The maximum absolute atomic E-state index is 13.0. The first-order valence-corrected chi connectivity index (χ1v) is 11.3. The highest BCUT2D eigenvalue weighted by atomic mass is 19.1. The minimum Gasteiger partial charge on any atom is -0.493 e. The summed E-state index contributed by atoms with van der Waals surface area (Å²) in [6, 6.07) is 6.41. The molecule has 3 rings (SSSR count). The number of hydrogen-bond acceptors (Lipinski definition) is 1. The molecular weight excluding hydrogens is 335 g/mol. The molecule has 1 aromatic rings. The van der Waals surface area contributed by atoms with Gasteiger partial charge in [-0.15, -0.1) is 0 Å². The van der Waals surface area contributed by atoms with Gasteiger partial charge in [0.1, 0.15) is 11.6 Å². The molecule has 1 nitrogen and oxygen atoms in total. The van der Waals surface area contributed by atoms with Crippen LogP contribution in [-0.4, -0.2) is 6.61 Å². The van der Waals surface area contributed by atoms with E-state index in [0.717, 1.165) is 30.1 Å². The Balaban J connectivity index is 1.32. The molecule has 0 bridgehead atoms. The molecule has 0 aliphatic heterocycles. The average Bonchev–Trinajstić information content (AvgIpc) is 2.72. The lowest BCUT2D eigenvalue weighted by molar-refractivity contribution is 0.129. The monoisotopic (exact) mass is 372 g/mol. The maximum atomic E-state index is 13.0. The number of rotatable bonds is 8. The zero-order chi connectivity index (χ0) is 18.9. The van der Waals surface area contributed by atoms with Gasteiger partial charge in [-0.3, -0.25) is 0 Å². The first-order chi connectivity index (χ1) is 13.2. The molecule has 1 aromatic carbocycles. The van der Waals surface area contributed by atoms with Crippen molar-refractivity contribution < 1.29 is 9.13 Å². The van der Waals surface area contributed by atoms with Gasteiger partial charge < -0.3 is 4.74 Å². The molecule has 2 aliphatic rings. The first kappa shape index (κ1) is 20.4. The van der Waals surface area contributed by atoms with Crippen molar-refractivity contribution in [1.82, 2.24) is 0 Å². The van der Waals surface area contributed by atoms with E-state index < -0.39 is 0 Å². The molecule has 0 spiro atoms. The van der Waals surface area contributed by atoms with Crippen LogP contribution in [0.3, 0.4) is 0 Å². The van der Waals surface area contributed by atoms with Crippen molar-refractivity contribution >= 4 is 0 Å². The molecule has 0 saturated heterocycles. The summed E-state index contributed by atoms with van der Waals surface area (Å²) in [5.41, 5.74) is 0. The van der Waals surface area contributed by atoms with Gasteiger partial charge in [0, 0.05) is 0 Å². The van der Waals surface area contributed by atoms with Crippen molar-refractivity contribution in [2.24, 2.45) is 23.7 Å². The van der Waals surface area contributed by atoms with Crippen molar-refractivity contribution in [3.05, 3.63) is 42.2 Å². The third-order valence-corrected chi connectivity index (χ3v) is 6.81. The zero-order valence-corrected chi connectivity index (χ0v) is 17.0. The molecule has 2 aliphatic carbocycles. The van der Waals surface area contributed by atoms with Crippen LogP contribution in [0, 0.1) is 29.5 Å².